The Balaban J connectivity index is 3.65. The van der Waals surface area contributed by atoms with Gasteiger partial charge in [-0.2, -0.15) is 0 Å². The molecule has 104 valence electrons. The molecule has 0 aliphatic heterocycles. The van der Waals surface area contributed by atoms with Crippen molar-refractivity contribution in [1.82, 2.24) is 10.2 Å². The van der Waals surface area contributed by atoms with Crippen LogP contribution >= 0.6 is 0 Å². The van der Waals surface area contributed by atoms with Crippen LogP contribution in [-0.2, 0) is 0 Å². The van der Waals surface area contributed by atoms with Crippen LogP contribution in [0.5, 0.6) is 0 Å². The minimum absolute atomic E-state index is 0.0982. The first kappa shape index (κ1) is 16.9. The molecule has 17 heavy (non-hydrogen) atoms. The zero-order valence-electron chi connectivity index (χ0n) is 12.3. The second kappa shape index (κ2) is 9.86. The van der Waals surface area contributed by atoms with Gasteiger partial charge in [0.15, 0.2) is 0 Å². The molecule has 0 spiro atoms. The van der Waals surface area contributed by atoms with Crippen LogP contribution in [0.2, 0.25) is 0 Å². The number of aliphatic hydroxyl groups is 1. The molecule has 0 bridgehead atoms. The quantitative estimate of drug-likeness (QED) is 0.547. The van der Waals surface area contributed by atoms with E-state index >= 15 is 0 Å². The second-order valence-corrected chi connectivity index (χ2v) is 5.36. The van der Waals surface area contributed by atoms with Gasteiger partial charge in [0.1, 0.15) is 0 Å². The van der Waals surface area contributed by atoms with E-state index in [4.69, 9.17) is 0 Å². The molecule has 0 rings (SSSR count). The van der Waals surface area contributed by atoms with Gasteiger partial charge in [0.2, 0.25) is 0 Å². The molecule has 0 heterocycles. The highest BCUT2D eigenvalue weighted by Gasteiger charge is 2.20. The molecule has 1 unspecified atom stereocenters. The highest BCUT2D eigenvalue weighted by atomic mass is 16.3. The van der Waals surface area contributed by atoms with Crippen LogP contribution in [0.1, 0.15) is 52.9 Å². The topological polar surface area (TPSA) is 35.5 Å². The van der Waals surface area contributed by atoms with Gasteiger partial charge in [-0.05, 0) is 52.9 Å². The molecule has 3 nitrogen and oxygen atoms in total. The summed E-state index contributed by atoms with van der Waals surface area (Å²) in [6, 6.07) is 0. The zero-order valence-corrected chi connectivity index (χ0v) is 12.3. The minimum Gasteiger partial charge on any atom is -0.394 e. The Bertz CT molecular complexity index is 176. The molecule has 0 aromatic carbocycles. The van der Waals surface area contributed by atoms with Gasteiger partial charge in [0, 0.05) is 5.54 Å². The fraction of sp³-hybridized carbons (Fsp3) is 1.00. The van der Waals surface area contributed by atoms with E-state index in [0.29, 0.717) is 0 Å². The Labute approximate surface area is 108 Å². The minimum atomic E-state index is -0.0982. The van der Waals surface area contributed by atoms with Crippen molar-refractivity contribution < 1.29 is 5.11 Å². The third kappa shape index (κ3) is 8.58. The molecule has 0 saturated carbocycles. The zero-order chi connectivity index (χ0) is 13.1. The predicted octanol–water partition coefficient (Wildman–Crippen LogP) is 2.25. The molecule has 0 aromatic rings. The molecule has 0 aromatic heterocycles. The monoisotopic (exact) mass is 244 g/mol. The van der Waals surface area contributed by atoms with E-state index in [1.54, 1.807) is 0 Å². The number of aliphatic hydroxyl groups excluding tert-OH is 1. The van der Waals surface area contributed by atoms with E-state index in [0.717, 1.165) is 25.9 Å². The molecule has 0 amide bonds. The number of nitrogens with one attached hydrogen (secondary N) is 1. The normalized spacial score (nSPS) is 15.2. The summed E-state index contributed by atoms with van der Waals surface area (Å²) in [5.74, 6) is 0. The Morgan fingerprint density at radius 1 is 1.12 bits per heavy atom. The van der Waals surface area contributed by atoms with Crippen molar-refractivity contribution in [2.24, 2.45) is 0 Å². The molecule has 0 saturated heterocycles. The summed E-state index contributed by atoms with van der Waals surface area (Å²) in [7, 11) is 2.19. The summed E-state index contributed by atoms with van der Waals surface area (Å²) in [5, 5.41) is 12.7. The average molecular weight is 244 g/mol. The van der Waals surface area contributed by atoms with E-state index in [1.807, 2.05) is 0 Å². The maximum absolute atomic E-state index is 9.38. The smallest absolute Gasteiger partial charge is 0.0610 e. The number of hydrogen-bond donors (Lipinski definition) is 2. The van der Waals surface area contributed by atoms with E-state index in [9.17, 15) is 5.11 Å². The number of likely N-dealkylation sites (N-methyl/N-ethyl adjacent to an activating group) is 1. The molecule has 0 aliphatic carbocycles. The van der Waals surface area contributed by atoms with Crippen LogP contribution in [0.4, 0.5) is 0 Å². The molecule has 2 N–H and O–H groups in total. The third-order valence-corrected chi connectivity index (χ3v) is 3.36. The van der Waals surface area contributed by atoms with Crippen LogP contribution in [0, 0.1) is 0 Å². The van der Waals surface area contributed by atoms with E-state index in [-0.39, 0.29) is 12.1 Å². The molecular weight excluding hydrogens is 212 g/mol. The first-order valence-electron chi connectivity index (χ1n) is 7.12. The number of nitrogens with zero attached hydrogens (tertiary/aromatic N) is 1. The van der Waals surface area contributed by atoms with Crippen LogP contribution in [-0.4, -0.2) is 48.8 Å². The molecular formula is C14H32N2O. The molecule has 1 atom stereocenters. The van der Waals surface area contributed by atoms with Gasteiger partial charge in [-0.3, -0.25) is 0 Å². The first-order valence-corrected chi connectivity index (χ1v) is 7.12. The third-order valence-electron chi connectivity index (χ3n) is 3.36. The van der Waals surface area contributed by atoms with Crippen molar-refractivity contribution in [3.05, 3.63) is 0 Å². The fourth-order valence-electron chi connectivity index (χ4n) is 2.13. The maximum Gasteiger partial charge on any atom is 0.0610 e. The van der Waals surface area contributed by atoms with Crippen molar-refractivity contribution in [2.75, 3.05) is 33.3 Å². The molecule has 3 heteroatoms. The second-order valence-electron chi connectivity index (χ2n) is 5.36. The average Bonchev–Trinajstić information content (AvgIpc) is 2.30. The Morgan fingerprint density at radius 3 is 2.29 bits per heavy atom. The van der Waals surface area contributed by atoms with Crippen molar-refractivity contribution in [2.45, 2.75) is 58.4 Å². The highest BCUT2D eigenvalue weighted by Crippen LogP contribution is 2.11. The van der Waals surface area contributed by atoms with Crippen LogP contribution in [0.3, 0.4) is 0 Å². The SMILES string of the molecule is CCCCCN(C)CCCC(C)(CO)NCC. The van der Waals surface area contributed by atoms with Crippen molar-refractivity contribution in [3.8, 4) is 0 Å². The molecule has 0 aliphatic rings. The van der Waals surface area contributed by atoms with Gasteiger partial charge >= 0.3 is 0 Å². The van der Waals surface area contributed by atoms with E-state index < -0.39 is 0 Å². The van der Waals surface area contributed by atoms with Gasteiger partial charge in [-0.15, -0.1) is 0 Å². The highest BCUT2D eigenvalue weighted by molar-refractivity contribution is 4.81. The Morgan fingerprint density at radius 2 is 1.76 bits per heavy atom. The fourth-order valence-corrected chi connectivity index (χ4v) is 2.13. The summed E-state index contributed by atoms with van der Waals surface area (Å²) < 4.78 is 0. The molecule has 0 radical (unpaired) electrons. The van der Waals surface area contributed by atoms with Crippen molar-refractivity contribution in [3.63, 3.8) is 0 Å². The van der Waals surface area contributed by atoms with Gasteiger partial charge in [-0.1, -0.05) is 26.7 Å². The van der Waals surface area contributed by atoms with Gasteiger partial charge < -0.3 is 15.3 Å². The van der Waals surface area contributed by atoms with Crippen LogP contribution in [0.15, 0.2) is 0 Å². The lowest BCUT2D eigenvalue weighted by atomic mass is 9.96. The number of unbranched alkanes of at least 4 members (excludes halogenated alkanes) is 2. The largest absolute Gasteiger partial charge is 0.394 e. The summed E-state index contributed by atoms with van der Waals surface area (Å²) in [4.78, 5) is 2.40. The lowest BCUT2D eigenvalue weighted by Gasteiger charge is -2.29. The van der Waals surface area contributed by atoms with Gasteiger partial charge in [-0.25, -0.2) is 0 Å². The van der Waals surface area contributed by atoms with Crippen molar-refractivity contribution in [1.29, 1.82) is 0 Å². The summed E-state index contributed by atoms with van der Waals surface area (Å²) in [5.41, 5.74) is -0.0982. The lowest BCUT2D eigenvalue weighted by molar-refractivity contribution is 0.160. The Hall–Kier alpha value is -0.120. The number of hydrogen-bond acceptors (Lipinski definition) is 3. The maximum atomic E-state index is 9.38. The standard InChI is InChI=1S/C14H32N2O/c1-5-7-8-11-16(4)12-9-10-14(3,13-17)15-6-2/h15,17H,5-13H2,1-4H3. The Kier molecular flexibility index (Phi) is 9.79. The summed E-state index contributed by atoms with van der Waals surface area (Å²) in [6.07, 6.45) is 6.10. The van der Waals surface area contributed by atoms with E-state index in [1.165, 1.54) is 25.8 Å². The molecule has 0 fully saturated rings. The van der Waals surface area contributed by atoms with Crippen LogP contribution < -0.4 is 5.32 Å². The van der Waals surface area contributed by atoms with Gasteiger partial charge in [0.25, 0.3) is 0 Å². The summed E-state index contributed by atoms with van der Waals surface area (Å²) in [6.45, 7) is 9.90. The number of rotatable bonds is 11. The van der Waals surface area contributed by atoms with Gasteiger partial charge in [0.05, 0.1) is 6.61 Å². The lowest BCUT2D eigenvalue weighted by Crippen LogP contribution is -2.46. The van der Waals surface area contributed by atoms with Crippen molar-refractivity contribution >= 4 is 0 Å². The summed E-state index contributed by atoms with van der Waals surface area (Å²) >= 11 is 0. The van der Waals surface area contributed by atoms with E-state index in [2.05, 4.69) is 38.0 Å². The predicted molar refractivity (Wildman–Crippen MR) is 75.4 cm³/mol. The van der Waals surface area contributed by atoms with Crippen LogP contribution in [0.25, 0.3) is 0 Å². The first-order chi connectivity index (χ1) is 8.08.